The molecule has 1 aromatic carbocycles. The molecule has 3 aromatic rings. The molecule has 0 spiro atoms. The first-order valence-electron chi connectivity index (χ1n) is 9.04. The maximum atomic E-state index is 12.9. The minimum Gasteiger partial charge on any atom is -0.487 e. The molecule has 0 saturated carbocycles. The van der Waals surface area contributed by atoms with Crippen molar-refractivity contribution in [3.63, 3.8) is 0 Å². The van der Waals surface area contributed by atoms with E-state index in [0.29, 0.717) is 35.1 Å². The van der Waals surface area contributed by atoms with Gasteiger partial charge < -0.3 is 19.7 Å². The van der Waals surface area contributed by atoms with Gasteiger partial charge >= 0.3 is 12.0 Å². The van der Waals surface area contributed by atoms with Crippen molar-refractivity contribution >= 4 is 29.0 Å². The molecule has 4 rings (SSSR count). The standard InChI is InChI=1S/C19H18FN5O4S/c1-28-18(26)17-16(6-7-30-17)21-19(27)24-9-14(10-24)25-8-13(22-23-25)11-29-15-4-2-12(20)3-5-15/h2-8,14H,9-11H2,1H3,(H,21,27). The van der Waals surface area contributed by atoms with Crippen molar-refractivity contribution in [3.05, 3.63) is 58.3 Å². The Kier molecular flexibility index (Phi) is 5.61. The Bertz CT molecular complexity index is 1050. The average molecular weight is 431 g/mol. The van der Waals surface area contributed by atoms with Crippen molar-refractivity contribution in [2.45, 2.75) is 12.6 Å². The number of methoxy groups -OCH3 is 1. The van der Waals surface area contributed by atoms with E-state index in [0.717, 1.165) is 0 Å². The van der Waals surface area contributed by atoms with Gasteiger partial charge in [0.1, 0.15) is 28.7 Å². The number of hydrogen-bond donors (Lipinski definition) is 1. The molecule has 156 valence electrons. The summed E-state index contributed by atoms with van der Waals surface area (Å²) in [6.07, 6.45) is 1.76. The van der Waals surface area contributed by atoms with E-state index in [1.807, 2.05) is 0 Å². The molecule has 1 saturated heterocycles. The number of nitrogens with zero attached hydrogens (tertiary/aromatic N) is 4. The van der Waals surface area contributed by atoms with Crippen LogP contribution >= 0.6 is 11.3 Å². The highest BCUT2D eigenvalue weighted by atomic mass is 32.1. The van der Waals surface area contributed by atoms with Crippen molar-refractivity contribution in [1.82, 2.24) is 19.9 Å². The van der Waals surface area contributed by atoms with Gasteiger partial charge in [-0.3, -0.25) is 0 Å². The van der Waals surface area contributed by atoms with Crippen LogP contribution in [0.15, 0.2) is 41.9 Å². The van der Waals surface area contributed by atoms with Gasteiger partial charge in [0.25, 0.3) is 0 Å². The Morgan fingerprint density at radius 2 is 2.03 bits per heavy atom. The predicted octanol–water partition coefficient (Wildman–Crippen LogP) is 2.93. The van der Waals surface area contributed by atoms with Gasteiger partial charge in [0.15, 0.2) is 0 Å². The molecule has 0 atom stereocenters. The van der Waals surface area contributed by atoms with Gasteiger partial charge in [-0.1, -0.05) is 5.21 Å². The topological polar surface area (TPSA) is 98.6 Å². The third-order valence-corrected chi connectivity index (χ3v) is 5.45. The minimum atomic E-state index is -0.486. The number of nitrogens with one attached hydrogen (secondary N) is 1. The third kappa shape index (κ3) is 4.25. The van der Waals surface area contributed by atoms with Crippen molar-refractivity contribution in [3.8, 4) is 5.75 Å². The number of hydrogen-bond acceptors (Lipinski definition) is 7. The van der Waals surface area contributed by atoms with Crippen molar-refractivity contribution < 1.29 is 23.5 Å². The van der Waals surface area contributed by atoms with Gasteiger partial charge in [0.2, 0.25) is 0 Å². The second-order valence-corrected chi connectivity index (χ2v) is 7.49. The number of benzene rings is 1. The highest BCUT2D eigenvalue weighted by molar-refractivity contribution is 7.12. The molecule has 0 aliphatic carbocycles. The summed E-state index contributed by atoms with van der Waals surface area (Å²) in [5.41, 5.74) is 1.06. The fourth-order valence-electron chi connectivity index (χ4n) is 2.89. The Labute approximate surface area is 175 Å². The quantitative estimate of drug-likeness (QED) is 0.603. The number of halogens is 1. The van der Waals surface area contributed by atoms with Crippen LogP contribution in [0.1, 0.15) is 21.4 Å². The fourth-order valence-corrected chi connectivity index (χ4v) is 3.65. The van der Waals surface area contributed by atoms with Crippen LogP contribution in [0.4, 0.5) is 14.9 Å². The van der Waals surface area contributed by atoms with Gasteiger partial charge in [0.05, 0.1) is 25.0 Å². The Morgan fingerprint density at radius 3 is 2.77 bits per heavy atom. The second kappa shape index (κ2) is 8.49. The molecule has 9 nitrogen and oxygen atoms in total. The summed E-state index contributed by atoms with van der Waals surface area (Å²) in [7, 11) is 1.30. The first kappa shape index (κ1) is 19.8. The molecule has 0 radical (unpaired) electrons. The fraction of sp³-hybridized carbons (Fsp3) is 0.263. The summed E-state index contributed by atoms with van der Waals surface area (Å²) in [6, 6.07) is 7.11. The maximum Gasteiger partial charge on any atom is 0.350 e. The number of aromatic nitrogens is 3. The van der Waals surface area contributed by atoms with Gasteiger partial charge in [-0.25, -0.2) is 18.7 Å². The average Bonchev–Trinajstić information content (AvgIpc) is 3.35. The first-order valence-corrected chi connectivity index (χ1v) is 9.92. The Hall–Kier alpha value is -3.47. The molecule has 11 heteroatoms. The molecule has 2 aromatic heterocycles. The lowest BCUT2D eigenvalue weighted by atomic mass is 10.1. The minimum absolute atomic E-state index is 0.00498. The monoisotopic (exact) mass is 431 g/mol. The normalized spacial score (nSPS) is 13.6. The van der Waals surface area contributed by atoms with E-state index in [-0.39, 0.29) is 24.5 Å². The molecule has 3 heterocycles. The SMILES string of the molecule is COC(=O)c1sccc1NC(=O)N1CC(n2cc(COc3ccc(F)cc3)nn2)C1. The lowest BCUT2D eigenvalue weighted by molar-refractivity contribution is 0.0607. The summed E-state index contributed by atoms with van der Waals surface area (Å²) in [5, 5.41) is 12.6. The van der Waals surface area contributed by atoms with Gasteiger partial charge in [-0.05, 0) is 35.7 Å². The molecule has 1 aliphatic rings. The number of thiophene rings is 1. The number of ether oxygens (including phenoxy) is 2. The van der Waals surface area contributed by atoms with Crippen LogP contribution in [-0.4, -0.2) is 52.1 Å². The van der Waals surface area contributed by atoms with E-state index in [1.165, 1.54) is 30.6 Å². The number of carbonyl (C=O) groups is 2. The number of likely N-dealkylation sites (tertiary alicyclic amines) is 1. The predicted molar refractivity (Wildman–Crippen MR) is 106 cm³/mol. The number of anilines is 1. The summed E-state index contributed by atoms with van der Waals surface area (Å²) >= 11 is 1.20. The highest BCUT2D eigenvalue weighted by Crippen LogP contribution is 2.26. The zero-order valence-electron chi connectivity index (χ0n) is 15.9. The first-order chi connectivity index (χ1) is 14.5. The van der Waals surface area contributed by atoms with Crippen LogP contribution < -0.4 is 10.1 Å². The number of urea groups is 1. The smallest absolute Gasteiger partial charge is 0.350 e. The van der Waals surface area contributed by atoms with Crippen LogP contribution in [0.25, 0.3) is 0 Å². The largest absolute Gasteiger partial charge is 0.487 e. The summed E-state index contributed by atoms with van der Waals surface area (Å²) in [4.78, 5) is 26.1. The summed E-state index contributed by atoms with van der Waals surface area (Å²) in [5.74, 6) is -0.274. The molecular formula is C19H18FN5O4S. The molecule has 1 aliphatic heterocycles. The van der Waals surface area contributed by atoms with Crippen LogP contribution in [-0.2, 0) is 11.3 Å². The van der Waals surface area contributed by atoms with E-state index < -0.39 is 5.97 Å². The van der Waals surface area contributed by atoms with Crippen LogP contribution in [0.3, 0.4) is 0 Å². The lowest BCUT2D eigenvalue weighted by Crippen LogP contribution is -2.52. The number of rotatable bonds is 6. The van der Waals surface area contributed by atoms with Crippen molar-refractivity contribution in [1.29, 1.82) is 0 Å². The van der Waals surface area contributed by atoms with E-state index >= 15 is 0 Å². The molecule has 30 heavy (non-hydrogen) atoms. The Morgan fingerprint density at radius 1 is 1.27 bits per heavy atom. The zero-order valence-corrected chi connectivity index (χ0v) is 16.8. The molecule has 1 N–H and O–H groups in total. The van der Waals surface area contributed by atoms with Crippen molar-refractivity contribution in [2.24, 2.45) is 0 Å². The van der Waals surface area contributed by atoms with Gasteiger partial charge in [-0.2, -0.15) is 0 Å². The lowest BCUT2D eigenvalue weighted by Gasteiger charge is -2.38. The highest BCUT2D eigenvalue weighted by Gasteiger charge is 2.33. The van der Waals surface area contributed by atoms with Gasteiger partial charge in [-0.15, -0.1) is 16.4 Å². The maximum absolute atomic E-state index is 12.9. The molecular weight excluding hydrogens is 413 g/mol. The number of amides is 2. The van der Waals surface area contributed by atoms with Gasteiger partial charge in [0, 0.05) is 13.1 Å². The molecule has 0 unspecified atom stereocenters. The Balaban J connectivity index is 1.27. The van der Waals surface area contributed by atoms with Crippen LogP contribution in [0.2, 0.25) is 0 Å². The van der Waals surface area contributed by atoms with E-state index in [2.05, 4.69) is 15.6 Å². The van der Waals surface area contributed by atoms with E-state index in [1.54, 1.807) is 39.4 Å². The van der Waals surface area contributed by atoms with E-state index in [4.69, 9.17) is 9.47 Å². The number of carbonyl (C=O) groups excluding carboxylic acids is 2. The number of esters is 1. The summed E-state index contributed by atoms with van der Waals surface area (Å²) < 4.78 is 24.9. The molecule has 2 amide bonds. The summed E-state index contributed by atoms with van der Waals surface area (Å²) in [6.45, 7) is 1.13. The molecule has 0 bridgehead atoms. The zero-order chi connectivity index (χ0) is 21.1. The second-order valence-electron chi connectivity index (χ2n) is 6.58. The van der Waals surface area contributed by atoms with Crippen LogP contribution in [0, 0.1) is 5.82 Å². The molecule has 1 fully saturated rings. The van der Waals surface area contributed by atoms with E-state index in [9.17, 15) is 14.0 Å². The van der Waals surface area contributed by atoms with Crippen LogP contribution in [0.5, 0.6) is 5.75 Å². The van der Waals surface area contributed by atoms with Crippen molar-refractivity contribution in [2.75, 3.05) is 25.5 Å². The third-order valence-electron chi connectivity index (χ3n) is 4.56.